The van der Waals surface area contributed by atoms with Crippen molar-refractivity contribution in [2.75, 3.05) is 0 Å². The fourth-order valence-electron chi connectivity index (χ4n) is 3.84. The molecule has 5 heteroatoms. The van der Waals surface area contributed by atoms with Gasteiger partial charge in [-0.05, 0) is 56.5 Å². The van der Waals surface area contributed by atoms with Crippen LogP contribution < -0.4 is 0 Å². The number of aromatic amines is 1. The summed E-state index contributed by atoms with van der Waals surface area (Å²) in [6, 6.07) is 6.33. The van der Waals surface area contributed by atoms with Gasteiger partial charge in [0.1, 0.15) is 5.82 Å². The van der Waals surface area contributed by atoms with Crippen LogP contribution in [0.5, 0.6) is 0 Å². The molecule has 1 N–H and O–H groups in total. The summed E-state index contributed by atoms with van der Waals surface area (Å²) < 4.78 is 8.79. The predicted octanol–water partition coefficient (Wildman–Crippen LogP) is 3.58. The standard InChI is InChI=1S/C16H19N3OS/c1-9-4-3-5-10(2)14(9)19-15(17-18-16(19)21)12-8-11-6-7-13(12)20-11/h3-5,11-13H,6-8H2,1-2H3,(H,18,21)/t11-,12+,13-/m0/s1. The number of fused-ring (bicyclic) bond motifs is 2. The molecule has 0 aliphatic carbocycles. The minimum atomic E-state index is 0.309. The van der Waals surface area contributed by atoms with Crippen LogP contribution in [0.15, 0.2) is 18.2 Å². The number of ether oxygens (including phenoxy) is 1. The van der Waals surface area contributed by atoms with E-state index in [-0.39, 0.29) is 0 Å². The van der Waals surface area contributed by atoms with Gasteiger partial charge >= 0.3 is 0 Å². The normalized spacial score (nSPS) is 27.4. The van der Waals surface area contributed by atoms with E-state index in [1.165, 1.54) is 17.5 Å². The van der Waals surface area contributed by atoms with Crippen molar-refractivity contribution in [1.82, 2.24) is 14.8 Å². The molecule has 2 aliphatic rings. The van der Waals surface area contributed by atoms with Crippen LogP contribution in [0.1, 0.15) is 42.1 Å². The first-order chi connectivity index (χ1) is 10.1. The third-order valence-corrected chi connectivity index (χ3v) is 5.07. The Morgan fingerprint density at radius 1 is 1.29 bits per heavy atom. The summed E-state index contributed by atoms with van der Waals surface area (Å²) in [7, 11) is 0. The van der Waals surface area contributed by atoms with Crippen LogP contribution in [0.4, 0.5) is 0 Å². The summed E-state index contributed by atoms with van der Waals surface area (Å²) in [5.74, 6) is 1.39. The number of rotatable bonds is 2. The number of para-hydroxylation sites is 1. The Bertz CT molecular complexity index is 728. The number of hydrogen-bond donors (Lipinski definition) is 1. The Morgan fingerprint density at radius 3 is 2.67 bits per heavy atom. The minimum Gasteiger partial charge on any atom is -0.374 e. The highest BCUT2D eigenvalue weighted by atomic mass is 32.1. The highest BCUT2D eigenvalue weighted by Crippen LogP contribution is 2.44. The Hall–Kier alpha value is -1.46. The van der Waals surface area contributed by atoms with E-state index in [1.807, 2.05) is 0 Å². The summed E-state index contributed by atoms with van der Waals surface area (Å²) >= 11 is 5.50. The van der Waals surface area contributed by atoms with Crippen LogP contribution in [-0.4, -0.2) is 27.0 Å². The molecule has 4 nitrogen and oxygen atoms in total. The van der Waals surface area contributed by atoms with Crippen molar-refractivity contribution in [3.63, 3.8) is 0 Å². The SMILES string of the molecule is Cc1cccc(C)c1-n1c([C@@H]2C[C@@H]3CC[C@@H]2O3)n[nH]c1=S. The molecule has 21 heavy (non-hydrogen) atoms. The number of nitrogens with zero attached hydrogens (tertiary/aromatic N) is 2. The second-order valence-electron chi connectivity index (χ2n) is 6.18. The lowest BCUT2D eigenvalue weighted by Gasteiger charge is -2.20. The van der Waals surface area contributed by atoms with Crippen molar-refractivity contribution >= 4 is 12.2 Å². The number of hydrogen-bond acceptors (Lipinski definition) is 3. The van der Waals surface area contributed by atoms with Crippen molar-refractivity contribution in [1.29, 1.82) is 0 Å². The first-order valence-corrected chi connectivity index (χ1v) is 7.95. The summed E-state index contributed by atoms with van der Waals surface area (Å²) in [5.41, 5.74) is 3.60. The molecule has 0 amide bonds. The van der Waals surface area contributed by atoms with Crippen LogP contribution in [0.25, 0.3) is 5.69 Å². The maximum Gasteiger partial charge on any atom is 0.199 e. The maximum absolute atomic E-state index is 6.00. The van der Waals surface area contributed by atoms with Crippen molar-refractivity contribution in [3.8, 4) is 5.69 Å². The van der Waals surface area contributed by atoms with Crippen molar-refractivity contribution in [2.45, 2.75) is 51.2 Å². The van der Waals surface area contributed by atoms with Gasteiger partial charge in [0.15, 0.2) is 4.77 Å². The van der Waals surface area contributed by atoms with Crippen molar-refractivity contribution < 1.29 is 4.74 Å². The quantitative estimate of drug-likeness (QED) is 0.862. The van der Waals surface area contributed by atoms with Gasteiger partial charge in [0.05, 0.1) is 17.9 Å². The Labute approximate surface area is 129 Å². The molecular formula is C16H19N3OS. The van der Waals surface area contributed by atoms with E-state index in [1.54, 1.807) is 0 Å². The number of aryl methyl sites for hydroxylation is 2. The average molecular weight is 301 g/mol. The average Bonchev–Trinajstić information content (AvgIpc) is 3.15. The zero-order valence-electron chi connectivity index (χ0n) is 12.3. The topological polar surface area (TPSA) is 42.8 Å². The molecule has 110 valence electrons. The van der Waals surface area contributed by atoms with E-state index in [0.717, 1.165) is 24.4 Å². The van der Waals surface area contributed by atoms with Gasteiger partial charge in [-0.2, -0.15) is 5.10 Å². The van der Waals surface area contributed by atoms with Gasteiger partial charge in [0, 0.05) is 5.92 Å². The highest BCUT2D eigenvalue weighted by Gasteiger charge is 2.43. The zero-order chi connectivity index (χ0) is 14.6. The maximum atomic E-state index is 6.00. The molecule has 2 bridgehead atoms. The van der Waals surface area contributed by atoms with E-state index < -0.39 is 0 Å². The van der Waals surface area contributed by atoms with E-state index in [2.05, 4.69) is 46.8 Å². The van der Waals surface area contributed by atoms with Gasteiger partial charge in [0.25, 0.3) is 0 Å². The summed E-state index contributed by atoms with van der Waals surface area (Å²) in [6.07, 6.45) is 4.12. The van der Waals surface area contributed by atoms with Crippen LogP contribution in [0.2, 0.25) is 0 Å². The molecule has 0 spiro atoms. The molecule has 3 heterocycles. The van der Waals surface area contributed by atoms with E-state index >= 15 is 0 Å². The molecule has 0 unspecified atom stereocenters. The third kappa shape index (κ3) is 1.99. The number of aromatic nitrogens is 3. The molecule has 0 radical (unpaired) electrons. The molecule has 2 aromatic rings. The molecule has 2 saturated heterocycles. The Morgan fingerprint density at radius 2 is 2.05 bits per heavy atom. The number of nitrogens with one attached hydrogen (secondary N) is 1. The molecule has 4 rings (SSSR count). The Balaban J connectivity index is 1.87. The zero-order valence-corrected chi connectivity index (χ0v) is 13.1. The van der Waals surface area contributed by atoms with Crippen LogP contribution >= 0.6 is 12.2 Å². The number of H-pyrrole nitrogens is 1. The molecule has 2 aliphatic heterocycles. The van der Waals surface area contributed by atoms with E-state index in [9.17, 15) is 0 Å². The van der Waals surface area contributed by atoms with E-state index in [4.69, 9.17) is 17.0 Å². The van der Waals surface area contributed by atoms with Gasteiger partial charge in [-0.3, -0.25) is 9.67 Å². The lowest BCUT2D eigenvalue weighted by Crippen LogP contribution is -2.19. The first-order valence-electron chi connectivity index (χ1n) is 7.54. The van der Waals surface area contributed by atoms with E-state index in [0.29, 0.717) is 22.9 Å². The van der Waals surface area contributed by atoms with Crippen molar-refractivity contribution in [3.05, 3.63) is 39.9 Å². The third-order valence-electron chi connectivity index (χ3n) is 4.80. The second-order valence-corrected chi connectivity index (χ2v) is 6.57. The highest BCUT2D eigenvalue weighted by molar-refractivity contribution is 7.71. The summed E-state index contributed by atoms with van der Waals surface area (Å²) in [6.45, 7) is 4.25. The van der Waals surface area contributed by atoms with Gasteiger partial charge in [-0.15, -0.1) is 0 Å². The van der Waals surface area contributed by atoms with Crippen LogP contribution in [-0.2, 0) is 4.74 Å². The molecular weight excluding hydrogens is 282 g/mol. The molecule has 1 aromatic heterocycles. The molecule has 1 aromatic carbocycles. The first kappa shape index (κ1) is 13.2. The largest absolute Gasteiger partial charge is 0.374 e. The summed E-state index contributed by atoms with van der Waals surface area (Å²) in [5, 5.41) is 7.53. The fraction of sp³-hybridized carbons (Fsp3) is 0.500. The van der Waals surface area contributed by atoms with Gasteiger partial charge in [0.2, 0.25) is 0 Å². The second kappa shape index (κ2) is 4.78. The molecule has 0 saturated carbocycles. The van der Waals surface area contributed by atoms with Gasteiger partial charge in [-0.25, -0.2) is 0 Å². The summed E-state index contributed by atoms with van der Waals surface area (Å²) in [4.78, 5) is 0. The molecule has 3 atom stereocenters. The van der Waals surface area contributed by atoms with Crippen LogP contribution in [0, 0.1) is 18.6 Å². The fourth-order valence-corrected chi connectivity index (χ4v) is 4.07. The monoisotopic (exact) mass is 301 g/mol. The number of benzene rings is 1. The van der Waals surface area contributed by atoms with Gasteiger partial charge < -0.3 is 4.74 Å². The molecule has 2 fully saturated rings. The smallest absolute Gasteiger partial charge is 0.199 e. The minimum absolute atomic E-state index is 0.309. The van der Waals surface area contributed by atoms with Crippen LogP contribution in [0.3, 0.4) is 0 Å². The Kier molecular flexibility index (Phi) is 3.01. The predicted molar refractivity (Wildman–Crippen MR) is 83.5 cm³/mol. The van der Waals surface area contributed by atoms with Crippen molar-refractivity contribution in [2.24, 2.45) is 0 Å². The van der Waals surface area contributed by atoms with Gasteiger partial charge in [-0.1, -0.05) is 18.2 Å². The lowest BCUT2D eigenvalue weighted by molar-refractivity contribution is 0.0997. The lowest BCUT2D eigenvalue weighted by atomic mass is 9.88.